The summed E-state index contributed by atoms with van der Waals surface area (Å²) in [5, 5.41) is 2.81. The van der Waals surface area contributed by atoms with Gasteiger partial charge < -0.3 is 14.6 Å². The third-order valence-electron chi connectivity index (χ3n) is 4.29. The van der Waals surface area contributed by atoms with E-state index in [0.717, 1.165) is 5.56 Å². The van der Waals surface area contributed by atoms with Crippen molar-refractivity contribution >= 4 is 17.5 Å². The highest BCUT2D eigenvalue weighted by Crippen LogP contribution is 2.22. The first-order valence-electron chi connectivity index (χ1n) is 9.06. The van der Waals surface area contributed by atoms with E-state index in [9.17, 15) is 9.59 Å². The molecule has 0 bridgehead atoms. The lowest BCUT2D eigenvalue weighted by Crippen LogP contribution is -2.24. The Hall–Kier alpha value is -3.41. The Balaban J connectivity index is 1.61. The molecule has 2 aromatic carbocycles. The van der Waals surface area contributed by atoms with Crippen molar-refractivity contribution in [3.8, 4) is 11.3 Å². The normalized spacial score (nSPS) is 10.5. The number of amides is 2. The van der Waals surface area contributed by atoms with E-state index in [1.807, 2.05) is 31.2 Å². The summed E-state index contributed by atoms with van der Waals surface area (Å²) in [6, 6.07) is 14.9. The van der Waals surface area contributed by atoms with Crippen molar-refractivity contribution in [3.05, 3.63) is 71.7 Å². The van der Waals surface area contributed by atoms with Crippen LogP contribution in [-0.4, -0.2) is 35.8 Å². The van der Waals surface area contributed by atoms with E-state index in [0.29, 0.717) is 29.3 Å². The van der Waals surface area contributed by atoms with Crippen LogP contribution in [0.4, 0.5) is 5.69 Å². The van der Waals surface area contributed by atoms with Crippen LogP contribution in [0.1, 0.15) is 28.2 Å². The van der Waals surface area contributed by atoms with Crippen molar-refractivity contribution in [1.29, 1.82) is 0 Å². The maximum absolute atomic E-state index is 12.3. The van der Waals surface area contributed by atoms with Crippen molar-refractivity contribution in [3.63, 3.8) is 0 Å². The van der Waals surface area contributed by atoms with Crippen LogP contribution in [-0.2, 0) is 11.2 Å². The molecule has 0 aliphatic heterocycles. The van der Waals surface area contributed by atoms with E-state index in [2.05, 4.69) is 10.3 Å². The lowest BCUT2D eigenvalue weighted by molar-refractivity contribution is -0.116. The molecule has 1 heterocycles. The van der Waals surface area contributed by atoms with E-state index < -0.39 is 0 Å². The first kappa shape index (κ1) is 19.4. The molecule has 28 heavy (non-hydrogen) atoms. The van der Waals surface area contributed by atoms with Gasteiger partial charge in [0, 0.05) is 32.5 Å². The molecule has 3 aromatic rings. The number of oxazole rings is 1. The van der Waals surface area contributed by atoms with Crippen molar-refractivity contribution in [1.82, 2.24) is 9.88 Å². The van der Waals surface area contributed by atoms with Gasteiger partial charge in [-0.25, -0.2) is 4.98 Å². The zero-order chi connectivity index (χ0) is 20.1. The molecule has 6 heteroatoms. The first-order chi connectivity index (χ1) is 13.4. The Morgan fingerprint density at radius 2 is 1.79 bits per heavy atom. The average Bonchev–Trinajstić information content (AvgIpc) is 3.16. The summed E-state index contributed by atoms with van der Waals surface area (Å²) in [5.41, 5.74) is 3.08. The summed E-state index contributed by atoms with van der Waals surface area (Å²) in [7, 11) is 3.35. The number of nitrogens with zero attached hydrogens (tertiary/aromatic N) is 2. The zero-order valence-corrected chi connectivity index (χ0v) is 16.2. The summed E-state index contributed by atoms with van der Waals surface area (Å²) in [4.78, 5) is 30.3. The predicted molar refractivity (Wildman–Crippen MR) is 108 cm³/mol. The van der Waals surface area contributed by atoms with Gasteiger partial charge in [0.2, 0.25) is 5.91 Å². The van der Waals surface area contributed by atoms with Crippen LogP contribution in [0.15, 0.2) is 59.1 Å². The highest BCUT2D eigenvalue weighted by molar-refractivity contribution is 6.03. The molecule has 6 nitrogen and oxygen atoms in total. The number of anilines is 1. The molecule has 0 saturated carbocycles. The lowest BCUT2D eigenvalue weighted by Gasteiger charge is -2.14. The van der Waals surface area contributed by atoms with Crippen LogP contribution < -0.4 is 5.32 Å². The summed E-state index contributed by atoms with van der Waals surface area (Å²) in [5.74, 6) is 0.821. The van der Waals surface area contributed by atoms with E-state index in [1.54, 1.807) is 44.6 Å². The Morgan fingerprint density at radius 1 is 1.07 bits per heavy atom. The van der Waals surface area contributed by atoms with Gasteiger partial charge in [0.1, 0.15) is 0 Å². The van der Waals surface area contributed by atoms with E-state index >= 15 is 0 Å². The van der Waals surface area contributed by atoms with Crippen molar-refractivity contribution in [2.45, 2.75) is 19.8 Å². The molecule has 0 aliphatic rings. The molecule has 0 unspecified atom stereocenters. The fourth-order valence-electron chi connectivity index (χ4n) is 2.73. The van der Waals surface area contributed by atoms with Gasteiger partial charge in [-0.15, -0.1) is 0 Å². The van der Waals surface area contributed by atoms with Crippen LogP contribution in [0.3, 0.4) is 0 Å². The molecule has 1 aromatic heterocycles. The molecular formula is C22H23N3O3. The molecule has 2 amide bonds. The number of nitrogens with one attached hydrogen (secondary N) is 1. The maximum Gasteiger partial charge on any atom is 0.255 e. The fraction of sp³-hybridized carbons (Fsp3) is 0.227. The van der Waals surface area contributed by atoms with Gasteiger partial charge in [-0.2, -0.15) is 0 Å². The monoisotopic (exact) mass is 377 g/mol. The van der Waals surface area contributed by atoms with E-state index in [-0.39, 0.29) is 18.2 Å². The maximum atomic E-state index is 12.3. The minimum absolute atomic E-state index is 0.161. The second kappa shape index (κ2) is 8.52. The molecule has 0 radical (unpaired) electrons. The minimum atomic E-state index is -0.200. The molecule has 0 fully saturated rings. The number of hydrogen-bond donors (Lipinski definition) is 1. The topological polar surface area (TPSA) is 75.4 Å². The summed E-state index contributed by atoms with van der Waals surface area (Å²) in [6.45, 7) is 2.03. The van der Waals surface area contributed by atoms with Crippen molar-refractivity contribution in [2.24, 2.45) is 0 Å². The van der Waals surface area contributed by atoms with Crippen LogP contribution in [0.25, 0.3) is 11.3 Å². The Labute approximate surface area is 164 Å². The minimum Gasteiger partial charge on any atom is -0.441 e. The lowest BCUT2D eigenvalue weighted by atomic mass is 10.1. The van der Waals surface area contributed by atoms with Gasteiger partial charge in [-0.1, -0.05) is 42.0 Å². The van der Waals surface area contributed by atoms with Crippen LogP contribution in [0.2, 0.25) is 0 Å². The third-order valence-corrected chi connectivity index (χ3v) is 4.29. The number of rotatable bonds is 6. The van der Waals surface area contributed by atoms with Gasteiger partial charge in [-0.05, 0) is 19.1 Å². The molecule has 3 rings (SSSR count). The van der Waals surface area contributed by atoms with Gasteiger partial charge in [-0.3, -0.25) is 9.59 Å². The number of carbonyl (C=O) groups excluding carboxylic acids is 2. The number of hydrogen-bond acceptors (Lipinski definition) is 4. The summed E-state index contributed by atoms with van der Waals surface area (Å²) in [6.07, 6.45) is 2.25. The van der Waals surface area contributed by atoms with Gasteiger partial charge >= 0.3 is 0 Å². The van der Waals surface area contributed by atoms with E-state index in [4.69, 9.17) is 4.42 Å². The SMILES string of the molecule is Cc1ccc(-c2cnc(CCC(=O)Nc3ccccc3C(=O)N(C)C)o2)cc1. The summed E-state index contributed by atoms with van der Waals surface area (Å²) >= 11 is 0. The predicted octanol–water partition coefficient (Wildman–Crippen LogP) is 3.92. The number of para-hydroxylation sites is 1. The van der Waals surface area contributed by atoms with Crippen LogP contribution in [0.5, 0.6) is 0 Å². The Bertz CT molecular complexity index is 975. The first-order valence-corrected chi connectivity index (χ1v) is 9.06. The highest BCUT2D eigenvalue weighted by atomic mass is 16.4. The summed E-state index contributed by atoms with van der Waals surface area (Å²) < 4.78 is 5.75. The van der Waals surface area contributed by atoms with Gasteiger partial charge in [0.15, 0.2) is 11.7 Å². The zero-order valence-electron chi connectivity index (χ0n) is 16.2. The number of aromatic nitrogens is 1. The van der Waals surface area contributed by atoms with Crippen molar-refractivity contribution in [2.75, 3.05) is 19.4 Å². The molecule has 0 aliphatic carbocycles. The smallest absolute Gasteiger partial charge is 0.255 e. The van der Waals surface area contributed by atoms with Crippen LogP contribution >= 0.6 is 0 Å². The molecule has 0 spiro atoms. The largest absolute Gasteiger partial charge is 0.441 e. The molecule has 1 N–H and O–H groups in total. The standard InChI is InChI=1S/C22H23N3O3/c1-15-8-10-16(11-9-15)19-14-23-21(28-19)13-12-20(26)24-18-7-5-4-6-17(18)22(27)25(2)3/h4-11,14H,12-13H2,1-3H3,(H,24,26). The molecular weight excluding hydrogens is 354 g/mol. The second-order valence-corrected chi connectivity index (χ2v) is 6.78. The number of carbonyl (C=O) groups is 2. The quantitative estimate of drug-likeness (QED) is 0.706. The second-order valence-electron chi connectivity index (χ2n) is 6.78. The number of benzene rings is 2. The number of aryl methyl sites for hydroxylation is 2. The van der Waals surface area contributed by atoms with Gasteiger partial charge in [0.25, 0.3) is 5.91 Å². The van der Waals surface area contributed by atoms with Crippen LogP contribution in [0, 0.1) is 6.92 Å². The Kier molecular flexibility index (Phi) is 5.89. The highest BCUT2D eigenvalue weighted by Gasteiger charge is 2.15. The molecule has 0 saturated heterocycles. The van der Waals surface area contributed by atoms with E-state index in [1.165, 1.54) is 10.5 Å². The molecule has 144 valence electrons. The Morgan fingerprint density at radius 3 is 2.50 bits per heavy atom. The van der Waals surface area contributed by atoms with Gasteiger partial charge in [0.05, 0.1) is 17.4 Å². The fourth-order valence-corrected chi connectivity index (χ4v) is 2.73. The third kappa shape index (κ3) is 4.65. The average molecular weight is 377 g/mol. The molecule has 0 atom stereocenters. The van der Waals surface area contributed by atoms with Crippen molar-refractivity contribution < 1.29 is 14.0 Å².